The van der Waals surface area contributed by atoms with Crippen molar-refractivity contribution >= 4 is 27.5 Å². The minimum Gasteiger partial charge on any atom is -0.712 e. The van der Waals surface area contributed by atoms with Crippen molar-refractivity contribution in [3.63, 3.8) is 0 Å². The highest BCUT2D eigenvalue weighted by molar-refractivity contribution is 7.20. The second-order valence-electron chi connectivity index (χ2n) is 7.29. The summed E-state index contributed by atoms with van der Waals surface area (Å²) < 4.78 is 7.40. The fraction of sp³-hybridized carbons (Fsp3) is 0.190. The summed E-state index contributed by atoms with van der Waals surface area (Å²) in [6.07, 6.45) is 2.94. The maximum Gasteiger partial charge on any atom is 0.332 e. The lowest BCUT2D eigenvalue weighted by Gasteiger charge is -2.10. The third kappa shape index (κ3) is 4.41. The van der Waals surface area contributed by atoms with Gasteiger partial charge < -0.3 is 20.5 Å². The van der Waals surface area contributed by atoms with Crippen molar-refractivity contribution in [2.45, 2.75) is 13.1 Å². The number of H-pyrrole nitrogens is 1. The lowest BCUT2D eigenvalue weighted by molar-refractivity contribution is 0.0955. The third-order valence-corrected chi connectivity index (χ3v) is 6.30. The van der Waals surface area contributed by atoms with Crippen LogP contribution in [0, 0.1) is 10.4 Å². The highest BCUT2D eigenvalue weighted by atomic mass is 32.1. The average molecular weight is 483 g/mol. The number of nitrogens with zero attached hydrogens (tertiary/aromatic N) is 4. The number of aromatic amines is 1. The number of aryl methyl sites for hydroxylation is 1. The summed E-state index contributed by atoms with van der Waals surface area (Å²) in [5.41, 5.74) is -0.0293. The molecule has 0 aromatic carbocycles. The van der Waals surface area contributed by atoms with Crippen LogP contribution in [0.1, 0.15) is 20.8 Å². The third-order valence-electron chi connectivity index (χ3n) is 5.09. The molecule has 0 unspecified atom stereocenters. The lowest BCUT2D eigenvalue weighted by Crippen LogP contribution is -2.39. The molecule has 0 aliphatic heterocycles. The first kappa shape index (κ1) is 22.8. The Balaban J connectivity index is 1.63. The molecule has 0 aliphatic carbocycles. The minimum atomic E-state index is -0.579. The van der Waals surface area contributed by atoms with Crippen molar-refractivity contribution in [3.05, 3.63) is 95.5 Å². The van der Waals surface area contributed by atoms with E-state index in [-0.39, 0.29) is 34.7 Å². The van der Waals surface area contributed by atoms with E-state index in [0.29, 0.717) is 16.3 Å². The molecule has 0 bridgehead atoms. The number of pyridine rings is 2. The van der Waals surface area contributed by atoms with Crippen molar-refractivity contribution in [1.82, 2.24) is 29.3 Å². The molecule has 0 saturated carbocycles. The first-order valence-electron chi connectivity index (χ1n) is 9.94. The normalized spacial score (nSPS) is 10.9. The van der Waals surface area contributed by atoms with Gasteiger partial charge in [0.15, 0.2) is 0 Å². The zero-order valence-electron chi connectivity index (χ0n) is 18.1. The molecule has 4 heterocycles. The molecule has 0 atom stereocenters. The summed E-state index contributed by atoms with van der Waals surface area (Å²) in [6.45, 7) is 0.142. The SMILES string of the molecule is COc1cc(CNC(=O)c2cc3c(=O)n(Cc4ccc(=[N+]([O-])[O-])[nH]c4)c(=O)n(C)c3s2)ccn1. The van der Waals surface area contributed by atoms with Crippen molar-refractivity contribution in [3.8, 4) is 5.88 Å². The van der Waals surface area contributed by atoms with Gasteiger partial charge in [-0.05, 0) is 23.8 Å². The fourth-order valence-electron chi connectivity index (χ4n) is 3.32. The van der Waals surface area contributed by atoms with Crippen LogP contribution in [-0.2, 0) is 20.1 Å². The Bertz CT molecular complexity index is 1560. The Morgan fingerprint density at radius 1 is 1.24 bits per heavy atom. The van der Waals surface area contributed by atoms with Gasteiger partial charge in [-0.1, -0.05) is 0 Å². The van der Waals surface area contributed by atoms with Gasteiger partial charge in [-0.2, -0.15) is 0 Å². The average Bonchev–Trinajstić information content (AvgIpc) is 3.30. The minimum absolute atomic E-state index is 0.0861. The molecule has 0 saturated heterocycles. The monoisotopic (exact) mass is 483 g/mol. The van der Waals surface area contributed by atoms with Gasteiger partial charge in [-0.25, -0.2) is 14.8 Å². The fourth-order valence-corrected chi connectivity index (χ4v) is 4.34. The van der Waals surface area contributed by atoms with Gasteiger partial charge in [0.2, 0.25) is 5.88 Å². The number of aromatic nitrogens is 4. The summed E-state index contributed by atoms with van der Waals surface area (Å²) in [6, 6.07) is 7.62. The van der Waals surface area contributed by atoms with Crippen molar-refractivity contribution in [1.29, 1.82) is 0 Å². The van der Waals surface area contributed by atoms with E-state index in [4.69, 9.17) is 4.74 Å². The van der Waals surface area contributed by atoms with Crippen molar-refractivity contribution in [2.75, 3.05) is 7.11 Å². The van der Waals surface area contributed by atoms with Crippen LogP contribution in [-0.4, -0.2) is 32.1 Å². The van der Waals surface area contributed by atoms with E-state index in [1.807, 2.05) is 0 Å². The summed E-state index contributed by atoms with van der Waals surface area (Å²) in [5, 5.41) is 24.6. The van der Waals surface area contributed by atoms with Gasteiger partial charge in [0.05, 0.1) is 30.1 Å². The number of thiophene rings is 1. The number of hydrogen-bond acceptors (Lipinski definition) is 8. The molecule has 4 aromatic rings. The molecule has 1 amide bonds. The highest BCUT2D eigenvalue weighted by Crippen LogP contribution is 2.22. The number of amides is 1. The molecule has 12 nitrogen and oxygen atoms in total. The smallest absolute Gasteiger partial charge is 0.332 e. The van der Waals surface area contributed by atoms with E-state index >= 15 is 0 Å². The Labute approximate surface area is 195 Å². The molecule has 0 spiro atoms. The van der Waals surface area contributed by atoms with E-state index in [1.165, 1.54) is 43.1 Å². The molecular weight excluding hydrogens is 464 g/mol. The summed E-state index contributed by atoms with van der Waals surface area (Å²) >= 11 is 1.04. The maximum atomic E-state index is 13.1. The van der Waals surface area contributed by atoms with Gasteiger partial charge in [-0.3, -0.25) is 23.6 Å². The number of carbonyl (C=O) groups excluding carboxylic acids is 1. The van der Waals surface area contributed by atoms with Crippen LogP contribution in [0.25, 0.3) is 10.2 Å². The topological polar surface area (TPSA) is 160 Å². The summed E-state index contributed by atoms with van der Waals surface area (Å²) in [4.78, 5) is 45.2. The van der Waals surface area contributed by atoms with Crippen LogP contribution in [0.3, 0.4) is 0 Å². The van der Waals surface area contributed by atoms with Crippen LogP contribution >= 0.6 is 11.3 Å². The van der Waals surface area contributed by atoms with E-state index in [0.717, 1.165) is 21.5 Å². The zero-order chi connectivity index (χ0) is 24.4. The van der Waals surface area contributed by atoms with Crippen LogP contribution in [0.15, 0.2) is 52.3 Å². The molecule has 0 aliphatic rings. The number of hydrogen-bond donors (Lipinski definition) is 2. The molecule has 0 radical (unpaired) electrons. The predicted octanol–water partition coefficient (Wildman–Crippen LogP) is 0.239. The molecule has 176 valence electrons. The Hall–Kier alpha value is -4.39. The van der Waals surface area contributed by atoms with E-state index in [1.54, 1.807) is 18.3 Å². The first-order valence-corrected chi connectivity index (χ1v) is 10.8. The number of ether oxygens (including phenoxy) is 1. The molecule has 13 heteroatoms. The molecular formula is C21H19N6O6S-. The molecule has 2 N–H and O–H groups in total. The van der Waals surface area contributed by atoms with Gasteiger partial charge in [-0.15, -0.1) is 11.3 Å². The predicted molar refractivity (Wildman–Crippen MR) is 125 cm³/mol. The van der Waals surface area contributed by atoms with Gasteiger partial charge in [0.25, 0.3) is 17.0 Å². The van der Waals surface area contributed by atoms with Crippen LogP contribution < -0.4 is 31.7 Å². The van der Waals surface area contributed by atoms with Gasteiger partial charge in [0.1, 0.15) is 4.83 Å². The zero-order valence-corrected chi connectivity index (χ0v) is 18.9. The number of rotatable bonds is 6. The standard InChI is InChI=1S/C21H19N6O6S/c1-25-20-14(8-15(34-20)18(28)24-9-12-5-6-22-17(7-12)33-2)19(29)26(21(25)30)11-13-3-4-16(23-10-13)27(31)32/h3-8,10,23H,9,11H2,1-2H3,(H-,24,28,31,32)/q-1. The van der Waals surface area contributed by atoms with E-state index in [9.17, 15) is 24.8 Å². The quantitative estimate of drug-likeness (QED) is 0.371. The molecule has 0 fully saturated rings. The number of nitrogens with one attached hydrogen (secondary N) is 2. The Kier molecular flexibility index (Phi) is 6.19. The molecule has 4 rings (SSSR count). The first-order chi connectivity index (χ1) is 16.3. The lowest BCUT2D eigenvalue weighted by atomic mass is 10.2. The molecule has 34 heavy (non-hydrogen) atoms. The van der Waals surface area contributed by atoms with Crippen LogP contribution in [0.4, 0.5) is 0 Å². The van der Waals surface area contributed by atoms with Gasteiger partial charge in [0, 0.05) is 37.5 Å². The van der Waals surface area contributed by atoms with Crippen LogP contribution in [0.5, 0.6) is 5.88 Å². The maximum absolute atomic E-state index is 13.1. The van der Waals surface area contributed by atoms with Crippen molar-refractivity contribution < 1.29 is 9.53 Å². The van der Waals surface area contributed by atoms with Crippen LogP contribution in [0.2, 0.25) is 0 Å². The molecule has 4 aromatic heterocycles. The summed E-state index contributed by atoms with van der Waals surface area (Å²) in [5.74, 6) is 0.0372. The number of carbonyl (C=O) groups is 1. The number of methoxy groups -OCH3 is 1. The number of fused-ring (bicyclic) bond motifs is 1. The van der Waals surface area contributed by atoms with Gasteiger partial charge >= 0.3 is 5.69 Å². The summed E-state index contributed by atoms with van der Waals surface area (Å²) in [7, 11) is 3.02. The highest BCUT2D eigenvalue weighted by Gasteiger charge is 2.18. The van der Waals surface area contributed by atoms with E-state index < -0.39 is 16.2 Å². The largest absolute Gasteiger partial charge is 0.712 e. The Morgan fingerprint density at radius 2 is 2.03 bits per heavy atom. The Morgan fingerprint density at radius 3 is 2.71 bits per heavy atom. The van der Waals surface area contributed by atoms with Crippen molar-refractivity contribution in [2.24, 2.45) is 7.05 Å². The van der Waals surface area contributed by atoms with E-state index in [2.05, 4.69) is 15.3 Å². The second-order valence-corrected chi connectivity index (χ2v) is 8.32. The second kappa shape index (κ2) is 9.23.